The van der Waals surface area contributed by atoms with Crippen LogP contribution >= 0.6 is 0 Å². The number of aryl methyl sites for hydroxylation is 2. The Morgan fingerprint density at radius 3 is 2.36 bits per heavy atom. The molecule has 8 heteroatoms. The molecule has 182 valence electrons. The molecule has 3 N–H and O–H groups in total. The SMILES string of the molecule is CN(C)CCCc1ccc(C2S(=O)N=C(N)OC2(C)C)cc1.OCCCc1ccccc1F. The molecule has 0 amide bonds. The largest absolute Gasteiger partial charge is 0.457 e. The quantitative estimate of drug-likeness (QED) is 0.604. The van der Waals surface area contributed by atoms with Crippen LogP contribution in [-0.2, 0) is 28.6 Å². The summed E-state index contributed by atoms with van der Waals surface area (Å²) in [5, 5.41) is 8.19. The van der Waals surface area contributed by atoms with E-state index in [0.29, 0.717) is 18.4 Å². The number of hydrogen-bond acceptors (Lipinski definition) is 5. The van der Waals surface area contributed by atoms with Crippen molar-refractivity contribution >= 4 is 17.0 Å². The first kappa shape index (κ1) is 27.0. The topological polar surface area (TPSA) is 88.2 Å². The molecule has 2 atom stereocenters. The van der Waals surface area contributed by atoms with Gasteiger partial charge in [0.25, 0.3) is 6.02 Å². The molecule has 0 bridgehead atoms. The molecule has 1 heterocycles. The fourth-order valence-corrected chi connectivity index (χ4v) is 4.92. The number of aliphatic hydroxyl groups excluding tert-OH is 1. The average Bonchev–Trinajstić information content (AvgIpc) is 2.73. The molecule has 0 saturated heterocycles. The fourth-order valence-electron chi connectivity index (χ4n) is 3.67. The van der Waals surface area contributed by atoms with Crippen molar-refractivity contribution in [3.05, 3.63) is 71.0 Å². The van der Waals surface area contributed by atoms with E-state index in [1.807, 2.05) is 26.0 Å². The highest BCUT2D eigenvalue weighted by Gasteiger charge is 2.41. The van der Waals surface area contributed by atoms with Gasteiger partial charge in [-0.1, -0.05) is 42.5 Å². The second-order valence-electron chi connectivity index (χ2n) is 8.86. The highest BCUT2D eigenvalue weighted by Crippen LogP contribution is 2.37. The summed E-state index contributed by atoms with van der Waals surface area (Å²) in [7, 11) is 2.74. The molecule has 2 unspecified atom stereocenters. The lowest BCUT2D eigenvalue weighted by atomic mass is 9.96. The van der Waals surface area contributed by atoms with Gasteiger partial charge in [0.2, 0.25) is 0 Å². The Morgan fingerprint density at radius 2 is 1.79 bits per heavy atom. The van der Waals surface area contributed by atoms with Gasteiger partial charge in [-0.15, -0.1) is 4.40 Å². The summed E-state index contributed by atoms with van der Waals surface area (Å²) >= 11 is 0. The predicted molar refractivity (Wildman–Crippen MR) is 133 cm³/mol. The molecular weight excluding hydrogens is 441 g/mol. The summed E-state index contributed by atoms with van der Waals surface area (Å²) in [4.78, 5) is 2.18. The lowest BCUT2D eigenvalue weighted by molar-refractivity contribution is 0.0848. The van der Waals surface area contributed by atoms with Gasteiger partial charge in [-0.2, -0.15) is 0 Å². The third-order valence-electron chi connectivity index (χ3n) is 5.30. The summed E-state index contributed by atoms with van der Waals surface area (Å²) in [6.45, 7) is 4.97. The van der Waals surface area contributed by atoms with E-state index in [1.165, 1.54) is 11.6 Å². The molecule has 0 spiro atoms. The van der Waals surface area contributed by atoms with Crippen LogP contribution < -0.4 is 5.73 Å². The van der Waals surface area contributed by atoms with E-state index in [-0.39, 0.29) is 23.7 Å². The highest BCUT2D eigenvalue weighted by molar-refractivity contribution is 7.84. The second kappa shape index (κ2) is 12.8. The lowest BCUT2D eigenvalue weighted by Gasteiger charge is -2.35. The first-order valence-electron chi connectivity index (χ1n) is 11.2. The van der Waals surface area contributed by atoms with Crippen molar-refractivity contribution < 1.29 is 18.4 Å². The standard InChI is InChI=1S/C16H25N3O2S.C9H11FO/c1-16(2)14(22(20)18-15(17)21-16)13-9-7-12(8-10-13)6-5-11-19(3)4;10-9-6-2-1-4-8(9)5-3-7-11/h7-10,14H,5-6,11H2,1-4H3,(H2,17,18);1-2,4,6,11H,3,5,7H2. The number of aliphatic hydroxyl groups is 1. The van der Waals surface area contributed by atoms with Gasteiger partial charge in [0, 0.05) is 6.61 Å². The Hall–Kier alpha value is -2.29. The molecule has 3 rings (SSSR count). The zero-order chi connectivity index (χ0) is 24.4. The van der Waals surface area contributed by atoms with E-state index in [4.69, 9.17) is 15.6 Å². The van der Waals surface area contributed by atoms with E-state index in [9.17, 15) is 8.60 Å². The molecule has 2 aromatic carbocycles. The Bertz CT molecular complexity index is 933. The maximum atomic E-state index is 12.8. The van der Waals surface area contributed by atoms with Gasteiger partial charge in [-0.3, -0.25) is 0 Å². The number of rotatable bonds is 8. The number of nitrogens with zero attached hydrogens (tertiary/aromatic N) is 2. The van der Waals surface area contributed by atoms with Crippen molar-refractivity contribution in [3.8, 4) is 0 Å². The summed E-state index contributed by atoms with van der Waals surface area (Å²) in [6.07, 6.45) is 3.40. The van der Waals surface area contributed by atoms with Gasteiger partial charge in [0.05, 0.1) is 0 Å². The number of hydrogen-bond donors (Lipinski definition) is 2. The lowest BCUT2D eigenvalue weighted by Crippen LogP contribution is -2.43. The Kier molecular flexibility index (Phi) is 10.5. The minimum atomic E-state index is -1.42. The summed E-state index contributed by atoms with van der Waals surface area (Å²) in [6, 6.07) is 14.9. The van der Waals surface area contributed by atoms with E-state index in [1.54, 1.807) is 18.2 Å². The summed E-state index contributed by atoms with van der Waals surface area (Å²) in [5.74, 6) is -0.180. The Labute approximate surface area is 199 Å². The van der Waals surface area contributed by atoms with Crippen molar-refractivity contribution in [3.63, 3.8) is 0 Å². The van der Waals surface area contributed by atoms with Gasteiger partial charge in [-0.25, -0.2) is 8.60 Å². The Morgan fingerprint density at radius 1 is 1.12 bits per heavy atom. The molecule has 1 aliphatic heterocycles. The minimum Gasteiger partial charge on any atom is -0.457 e. The van der Waals surface area contributed by atoms with Gasteiger partial charge in [0.15, 0.2) is 11.0 Å². The van der Waals surface area contributed by atoms with Crippen LogP contribution in [0.3, 0.4) is 0 Å². The molecule has 0 aromatic heterocycles. The molecule has 33 heavy (non-hydrogen) atoms. The molecule has 0 aliphatic carbocycles. The van der Waals surface area contributed by atoms with Crippen LogP contribution in [0.2, 0.25) is 0 Å². The van der Waals surface area contributed by atoms with Gasteiger partial charge in [0.1, 0.15) is 16.7 Å². The van der Waals surface area contributed by atoms with E-state index in [0.717, 1.165) is 24.9 Å². The molecule has 0 fully saturated rings. The third-order valence-corrected chi connectivity index (χ3v) is 6.90. The fraction of sp³-hybridized carbons (Fsp3) is 0.480. The maximum Gasteiger partial charge on any atom is 0.296 e. The van der Waals surface area contributed by atoms with Crippen LogP contribution in [0.15, 0.2) is 52.9 Å². The number of benzene rings is 2. The van der Waals surface area contributed by atoms with Crippen molar-refractivity contribution in [1.29, 1.82) is 0 Å². The van der Waals surface area contributed by atoms with Gasteiger partial charge in [-0.05, 0) is 82.9 Å². The van der Waals surface area contributed by atoms with Crippen LogP contribution in [0.5, 0.6) is 0 Å². The minimum absolute atomic E-state index is 0.000103. The van der Waals surface area contributed by atoms with E-state index < -0.39 is 16.6 Å². The monoisotopic (exact) mass is 477 g/mol. The summed E-state index contributed by atoms with van der Waals surface area (Å²) < 4.78 is 34.6. The van der Waals surface area contributed by atoms with Crippen LogP contribution in [0.1, 0.15) is 48.6 Å². The number of amidine groups is 1. The Balaban J connectivity index is 0.000000294. The molecule has 0 radical (unpaired) electrons. The normalized spacial score (nSPS) is 19.3. The van der Waals surface area contributed by atoms with E-state index >= 15 is 0 Å². The second-order valence-corrected chi connectivity index (χ2v) is 10.1. The van der Waals surface area contributed by atoms with Crippen molar-refractivity contribution in [2.75, 3.05) is 27.2 Å². The molecule has 1 aliphatic rings. The van der Waals surface area contributed by atoms with E-state index in [2.05, 4.69) is 35.5 Å². The van der Waals surface area contributed by atoms with Gasteiger partial charge >= 0.3 is 0 Å². The van der Waals surface area contributed by atoms with Crippen LogP contribution in [0.4, 0.5) is 4.39 Å². The van der Waals surface area contributed by atoms with Crippen molar-refractivity contribution in [2.45, 2.75) is 50.4 Å². The summed E-state index contributed by atoms with van der Waals surface area (Å²) in [5.41, 5.74) is 7.88. The van der Waals surface area contributed by atoms with Crippen molar-refractivity contribution in [1.82, 2.24) is 4.90 Å². The number of halogens is 1. The third kappa shape index (κ3) is 8.53. The average molecular weight is 478 g/mol. The first-order valence-corrected chi connectivity index (χ1v) is 12.3. The smallest absolute Gasteiger partial charge is 0.296 e. The number of nitrogens with two attached hydrogens (primary N) is 1. The van der Waals surface area contributed by atoms with Crippen LogP contribution in [0.25, 0.3) is 0 Å². The van der Waals surface area contributed by atoms with Gasteiger partial charge < -0.3 is 20.5 Å². The predicted octanol–water partition coefficient (Wildman–Crippen LogP) is 3.76. The molecular formula is C25H36FN3O3S. The van der Waals surface area contributed by atoms with Crippen LogP contribution in [-0.4, -0.2) is 53.1 Å². The highest BCUT2D eigenvalue weighted by atomic mass is 32.2. The molecule has 6 nitrogen and oxygen atoms in total. The maximum absolute atomic E-state index is 12.8. The molecule has 2 aromatic rings. The zero-order valence-corrected chi connectivity index (χ0v) is 20.8. The zero-order valence-electron chi connectivity index (χ0n) is 20.0. The number of ether oxygens (including phenoxy) is 1. The first-order chi connectivity index (χ1) is 15.6. The van der Waals surface area contributed by atoms with Crippen molar-refractivity contribution in [2.24, 2.45) is 10.1 Å². The molecule has 0 saturated carbocycles. The van der Waals surface area contributed by atoms with Crippen LogP contribution in [0, 0.1) is 5.82 Å².